The van der Waals surface area contributed by atoms with E-state index >= 15 is 0 Å². The molecule has 0 unspecified atom stereocenters. The zero-order valence-electron chi connectivity index (χ0n) is 22.9. The number of hydrogen-bond acceptors (Lipinski definition) is 10. The lowest BCUT2D eigenvalue weighted by Gasteiger charge is -2.22. The molecule has 0 amide bonds. The summed E-state index contributed by atoms with van der Waals surface area (Å²) < 4.78 is 26.7. The Morgan fingerprint density at radius 2 is 1.00 bits per heavy atom. The zero-order valence-corrected chi connectivity index (χ0v) is 22.9. The van der Waals surface area contributed by atoms with Gasteiger partial charge in [-0.3, -0.25) is 24.0 Å². The zero-order chi connectivity index (χ0) is 29.8. The van der Waals surface area contributed by atoms with Gasteiger partial charge in [-0.15, -0.1) is 0 Å². The van der Waals surface area contributed by atoms with Gasteiger partial charge in [0.1, 0.15) is 28.7 Å². The number of carbonyl (C=O) groups is 5. The Bertz CT molecular complexity index is 1560. The highest BCUT2D eigenvalue weighted by Crippen LogP contribution is 2.52. The minimum absolute atomic E-state index is 0.134. The average molecular weight is 559 g/mol. The van der Waals surface area contributed by atoms with Crippen LogP contribution in [0.15, 0.2) is 54.6 Å². The maximum Gasteiger partial charge on any atom is 0.308 e. The van der Waals surface area contributed by atoms with Gasteiger partial charge < -0.3 is 23.7 Å². The second kappa shape index (κ2) is 11.9. The molecule has 0 heterocycles. The van der Waals surface area contributed by atoms with E-state index in [-0.39, 0.29) is 23.0 Å². The number of benzene rings is 3. The average Bonchev–Trinajstić information content (AvgIpc) is 3.22. The fourth-order valence-electron chi connectivity index (χ4n) is 4.61. The summed E-state index contributed by atoms with van der Waals surface area (Å²) in [7, 11) is 0. The summed E-state index contributed by atoms with van der Waals surface area (Å²) in [6.07, 6.45) is 1.84. The first kappa shape index (κ1) is 28.8. The van der Waals surface area contributed by atoms with Crippen LogP contribution in [0.3, 0.4) is 0 Å². The summed E-state index contributed by atoms with van der Waals surface area (Å²) in [6, 6.07) is 14.5. The summed E-state index contributed by atoms with van der Waals surface area (Å²) in [5, 5.41) is 0. The van der Waals surface area contributed by atoms with Gasteiger partial charge in [0.05, 0.1) is 0 Å². The lowest BCUT2D eigenvalue weighted by atomic mass is 9.84. The molecule has 41 heavy (non-hydrogen) atoms. The normalized spacial score (nSPS) is 13.4. The second-order valence-electron chi connectivity index (χ2n) is 9.19. The molecule has 210 valence electrons. The van der Waals surface area contributed by atoms with Crippen LogP contribution in [0.2, 0.25) is 0 Å². The van der Waals surface area contributed by atoms with E-state index < -0.39 is 35.8 Å². The Labute approximate surface area is 235 Å². The summed E-state index contributed by atoms with van der Waals surface area (Å²) in [6.45, 7) is 6.29. The van der Waals surface area contributed by atoms with Crippen LogP contribution in [0.25, 0.3) is 11.6 Å². The Morgan fingerprint density at radius 1 is 0.537 bits per heavy atom. The third kappa shape index (κ3) is 7.04. The quantitative estimate of drug-likeness (QED) is 0.288. The van der Waals surface area contributed by atoms with Crippen molar-refractivity contribution >= 4 is 41.5 Å². The van der Waals surface area contributed by atoms with Crippen molar-refractivity contribution in [3.05, 3.63) is 76.9 Å². The van der Waals surface area contributed by atoms with Crippen molar-refractivity contribution in [2.75, 3.05) is 0 Å². The molecule has 3 aromatic rings. The van der Waals surface area contributed by atoms with E-state index in [9.17, 15) is 24.0 Å². The first-order chi connectivity index (χ1) is 19.4. The molecule has 0 fully saturated rings. The molecule has 1 aliphatic rings. The molecule has 1 atom stereocenters. The number of esters is 5. The summed E-state index contributed by atoms with van der Waals surface area (Å²) >= 11 is 0. The molecule has 0 bridgehead atoms. The molecule has 10 heteroatoms. The van der Waals surface area contributed by atoms with E-state index in [1.165, 1.54) is 46.8 Å². The SMILES string of the molecule is CC(=O)Oc1ccc(C2=Cc3cc(OC(C)=O)cc(OC(C)=O)c3[C@H]2c2cc(OC(C)=O)cc(OC(C)=O)c2)cc1. The molecule has 0 aliphatic heterocycles. The molecular formula is C31H26O10. The van der Waals surface area contributed by atoms with Crippen LogP contribution in [0, 0.1) is 0 Å². The first-order valence-electron chi connectivity index (χ1n) is 12.5. The van der Waals surface area contributed by atoms with Gasteiger partial charge in [0, 0.05) is 58.2 Å². The van der Waals surface area contributed by atoms with E-state index in [1.54, 1.807) is 42.5 Å². The predicted molar refractivity (Wildman–Crippen MR) is 146 cm³/mol. The molecule has 0 aromatic heterocycles. The highest BCUT2D eigenvalue weighted by molar-refractivity contribution is 5.96. The van der Waals surface area contributed by atoms with E-state index in [2.05, 4.69) is 0 Å². The topological polar surface area (TPSA) is 132 Å². The summed E-state index contributed by atoms with van der Waals surface area (Å²) in [5.41, 5.74) is 3.14. The van der Waals surface area contributed by atoms with E-state index in [1.807, 2.05) is 6.08 Å². The van der Waals surface area contributed by atoms with Gasteiger partial charge in [-0.2, -0.15) is 0 Å². The van der Waals surface area contributed by atoms with Crippen molar-refractivity contribution in [1.82, 2.24) is 0 Å². The van der Waals surface area contributed by atoms with Crippen molar-refractivity contribution < 1.29 is 47.7 Å². The Balaban J connectivity index is 1.96. The standard InChI is InChI=1S/C31H26O10/c1-16(32)37-24-8-6-21(7-9-24)28-13-23-12-27(40-19(4)35)15-29(41-20(5)36)31(23)30(28)22-10-25(38-17(2)33)14-26(11-22)39-18(3)34/h6-15,30H,1-5H3/t30-/m0/s1. The second-order valence-corrected chi connectivity index (χ2v) is 9.19. The Hall–Kier alpha value is -5.25. The van der Waals surface area contributed by atoms with Crippen molar-refractivity contribution in [2.45, 2.75) is 40.5 Å². The van der Waals surface area contributed by atoms with Crippen molar-refractivity contribution in [3.8, 4) is 28.7 Å². The molecule has 0 saturated carbocycles. The molecule has 4 rings (SSSR count). The van der Waals surface area contributed by atoms with Crippen LogP contribution in [0.1, 0.15) is 62.8 Å². The molecule has 1 aliphatic carbocycles. The Morgan fingerprint density at radius 3 is 1.49 bits per heavy atom. The fourth-order valence-corrected chi connectivity index (χ4v) is 4.61. The largest absolute Gasteiger partial charge is 0.427 e. The van der Waals surface area contributed by atoms with E-state index in [4.69, 9.17) is 23.7 Å². The van der Waals surface area contributed by atoms with Crippen LogP contribution in [0.5, 0.6) is 28.7 Å². The Kier molecular flexibility index (Phi) is 8.32. The third-order valence-corrected chi connectivity index (χ3v) is 5.78. The summed E-state index contributed by atoms with van der Waals surface area (Å²) in [4.78, 5) is 58.8. The maximum atomic E-state index is 12.1. The van der Waals surface area contributed by atoms with Crippen molar-refractivity contribution in [3.63, 3.8) is 0 Å². The molecule has 3 aromatic carbocycles. The van der Waals surface area contributed by atoms with Gasteiger partial charge in [0.25, 0.3) is 0 Å². The highest BCUT2D eigenvalue weighted by atomic mass is 16.6. The van der Waals surface area contributed by atoms with Gasteiger partial charge in [-0.25, -0.2) is 0 Å². The first-order valence-corrected chi connectivity index (χ1v) is 12.5. The van der Waals surface area contributed by atoms with Crippen LogP contribution in [-0.2, 0) is 24.0 Å². The van der Waals surface area contributed by atoms with Crippen LogP contribution >= 0.6 is 0 Å². The van der Waals surface area contributed by atoms with Gasteiger partial charge >= 0.3 is 29.8 Å². The van der Waals surface area contributed by atoms with Gasteiger partial charge in [-0.1, -0.05) is 12.1 Å². The highest BCUT2D eigenvalue weighted by Gasteiger charge is 2.33. The fraction of sp³-hybridized carbons (Fsp3) is 0.194. The number of rotatable bonds is 7. The van der Waals surface area contributed by atoms with E-state index in [0.717, 1.165) is 11.1 Å². The minimum atomic E-state index is -0.630. The monoisotopic (exact) mass is 558 g/mol. The van der Waals surface area contributed by atoms with Crippen LogP contribution < -0.4 is 23.7 Å². The molecule has 0 saturated heterocycles. The molecule has 0 radical (unpaired) electrons. The van der Waals surface area contributed by atoms with Gasteiger partial charge in [0.15, 0.2) is 0 Å². The number of allylic oxidation sites excluding steroid dienone is 1. The minimum Gasteiger partial charge on any atom is -0.427 e. The van der Waals surface area contributed by atoms with Crippen LogP contribution in [0.4, 0.5) is 0 Å². The van der Waals surface area contributed by atoms with Crippen molar-refractivity contribution in [2.24, 2.45) is 0 Å². The smallest absolute Gasteiger partial charge is 0.308 e. The van der Waals surface area contributed by atoms with Gasteiger partial charge in [-0.05, 0) is 58.7 Å². The van der Waals surface area contributed by atoms with E-state index in [0.29, 0.717) is 22.4 Å². The van der Waals surface area contributed by atoms with Crippen molar-refractivity contribution in [1.29, 1.82) is 0 Å². The summed E-state index contributed by atoms with van der Waals surface area (Å²) in [5.74, 6) is -2.47. The molecule has 0 N–H and O–H groups in total. The predicted octanol–water partition coefficient (Wildman–Crippen LogP) is 5.00. The number of carbonyl (C=O) groups excluding carboxylic acids is 5. The maximum absolute atomic E-state index is 12.1. The molecule has 10 nitrogen and oxygen atoms in total. The lowest BCUT2D eigenvalue weighted by Crippen LogP contribution is -2.11. The molecule has 0 spiro atoms. The lowest BCUT2D eigenvalue weighted by molar-refractivity contribution is -0.133. The third-order valence-electron chi connectivity index (χ3n) is 5.78. The molecular weight excluding hydrogens is 532 g/mol. The van der Waals surface area contributed by atoms with Gasteiger partial charge in [0.2, 0.25) is 0 Å². The van der Waals surface area contributed by atoms with Crippen LogP contribution in [-0.4, -0.2) is 29.8 Å². The number of ether oxygens (including phenoxy) is 5. The number of fused-ring (bicyclic) bond motifs is 1. The number of hydrogen-bond donors (Lipinski definition) is 0.